The Bertz CT molecular complexity index is 955. The van der Waals surface area contributed by atoms with Gasteiger partial charge in [0.25, 0.3) is 5.91 Å². The second kappa shape index (κ2) is 6.19. The first-order chi connectivity index (χ1) is 13.5. The van der Waals surface area contributed by atoms with E-state index in [0.29, 0.717) is 37.5 Å². The van der Waals surface area contributed by atoms with Crippen LogP contribution < -0.4 is 4.90 Å². The van der Waals surface area contributed by atoms with E-state index in [-0.39, 0.29) is 11.8 Å². The molecular weight excluding hydrogens is 352 g/mol. The van der Waals surface area contributed by atoms with Gasteiger partial charge in [-0.1, -0.05) is 25.1 Å². The van der Waals surface area contributed by atoms with Crippen LogP contribution in [-0.4, -0.2) is 47.0 Å². The summed E-state index contributed by atoms with van der Waals surface area (Å²) < 4.78 is 0. The molecule has 0 bridgehead atoms. The minimum absolute atomic E-state index is 0.00790. The number of aromatic amines is 1. The van der Waals surface area contributed by atoms with Gasteiger partial charge < -0.3 is 9.80 Å². The van der Waals surface area contributed by atoms with Crippen LogP contribution in [0.2, 0.25) is 0 Å². The minimum atomic E-state index is -0.484. The van der Waals surface area contributed by atoms with E-state index in [2.05, 4.69) is 23.2 Å². The second-order valence-electron chi connectivity index (χ2n) is 8.63. The van der Waals surface area contributed by atoms with Crippen molar-refractivity contribution in [2.75, 3.05) is 25.0 Å². The third-order valence-corrected chi connectivity index (χ3v) is 6.99. The molecule has 6 nitrogen and oxygen atoms in total. The van der Waals surface area contributed by atoms with E-state index in [1.807, 2.05) is 30.1 Å². The van der Waals surface area contributed by atoms with Crippen molar-refractivity contribution in [3.05, 3.63) is 46.8 Å². The number of hydrogen-bond acceptors (Lipinski definition) is 3. The van der Waals surface area contributed by atoms with Crippen LogP contribution in [0.3, 0.4) is 0 Å². The minimum Gasteiger partial charge on any atom is -0.337 e. The summed E-state index contributed by atoms with van der Waals surface area (Å²) in [5, 5.41) is 7.45. The van der Waals surface area contributed by atoms with Gasteiger partial charge in [0, 0.05) is 37.1 Å². The first-order valence-electron chi connectivity index (χ1n) is 10.2. The molecule has 2 amide bonds. The summed E-state index contributed by atoms with van der Waals surface area (Å²) in [6, 6.07) is 8.06. The molecule has 0 unspecified atom stereocenters. The summed E-state index contributed by atoms with van der Waals surface area (Å²) in [5.41, 5.74) is 4.44. The zero-order valence-corrected chi connectivity index (χ0v) is 16.5. The highest BCUT2D eigenvalue weighted by Crippen LogP contribution is 2.47. The molecule has 1 aromatic carbocycles. The highest BCUT2D eigenvalue weighted by atomic mass is 16.2. The molecule has 0 saturated carbocycles. The Morgan fingerprint density at radius 1 is 1.25 bits per heavy atom. The number of nitrogens with zero attached hydrogens (tertiary/aromatic N) is 3. The third kappa shape index (κ3) is 2.36. The summed E-state index contributed by atoms with van der Waals surface area (Å²) in [5.74, 6) is 0.754. The number of H-pyrrole nitrogens is 1. The topological polar surface area (TPSA) is 69.3 Å². The summed E-state index contributed by atoms with van der Waals surface area (Å²) in [6.07, 6.45) is 4.37. The molecule has 3 aliphatic rings. The number of likely N-dealkylation sites (N-methyl/N-ethyl adjacent to an activating group) is 1. The van der Waals surface area contributed by atoms with Crippen molar-refractivity contribution in [3.63, 3.8) is 0 Å². The SMILES string of the molecule is C[C@@H]1CCc2[nH]nc(C(=O)N3CCC4(CC3)C(=O)N(C)c3ccccc34)c2C1. The fourth-order valence-corrected chi connectivity index (χ4v) is 5.29. The lowest BCUT2D eigenvalue weighted by Crippen LogP contribution is -2.49. The number of nitrogens with one attached hydrogen (secondary N) is 1. The van der Waals surface area contributed by atoms with Crippen molar-refractivity contribution in [1.82, 2.24) is 15.1 Å². The highest BCUT2D eigenvalue weighted by Gasteiger charge is 2.51. The highest BCUT2D eigenvalue weighted by molar-refractivity contribution is 6.08. The molecule has 5 rings (SSSR count). The van der Waals surface area contributed by atoms with Crippen molar-refractivity contribution in [1.29, 1.82) is 0 Å². The first-order valence-corrected chi connectivity index (χ1v) is 10.2. The number of fused-ring (bicyclic) bond motifs is 3. The van der Waals surface area contributed by atoms with E-state index in [1.165, 1.54) is 0 Å². The number of anilines is 1. The van der Waals surface area contributed by atoms with E-state index < -0.39 is 5.41 Å². The Morgan fingerprint density at radius 3 is 2.79 bits per heavy atom. The number of piperidine rings is 1. The standard InChI is InChI=1S/C22H26N4O2/c1-14-7-8-17-15(13-14)19(24-23-17)20(27)26-11-9-22(10-12-26)16-5-3-4-6-18(16)25(2)21(22)28/h3-6,14H,7-13H2,1-2H3,(H,23,24)/t14-/m1/s1. The number of carbonyl (C=O) groups excluding carboxylic acids is 2. The maximum atomic E-state index is 13.2. The fraction of sp³-hybridized carbons (Fsp3) is 0.500. The van der Waals surface area contributed by atoms with E-state index in [0.717, 1.165) is 41.8 Å². The zero-order valence-electron chi connectivity index (χ0n) is 16.5. The average Bonchev–Trinajstić information content (AvgIpc) is 3.22. The number of rotatable bonds is 1. The number of aryl methyl sites for hydroxylation is 1. The number of aromatic nitrogens is 2. The second-order valence-corrected chi connectivity index (χ2v) is 8.63. The van der Waals surface area contributed by atoms with E-state index in [4.69, 9.17) is 0 Å². The molecule has 1 atom stereocenters. The molecule has 1 N–H and O–H groups in total. The van der Waals surface area contributed by atoms with Gasteiger partial charge in [-0.05, 0) is 49.7 Å². The van der Waals surface area contributed by atoms with Crippen molar-refractivity contribution >= 4 is 17.5 Å². The molecule has 28 heavy (non-hydrogen) atoms. The Morgan fingerprint density at radius 2 is 2.00 bits per heavy atom. The molecule has 146 valence electrons. The lowest BCUT2D eigenvalue weighted by Gasteiger charge is -2.38. The fourth-order valence-electron chi connectivity index (χ4n) is 5.29. The average molecular weight is 378 g/mol. The van der Waals surface area contributed by atoms with Gasteiger partial charge in [0.05, 0.1) is 5.41 Å². The van der Waals surface area contributed by atoms with Gasteiger partial charge in [-0.2, -0.15) is 5.10 Å². The van der Waals surface area contributed by atoms with Gasteiger partial charge in [-0.25, -0.2) is 0 Å². The quantitative estimate of drug-likeness (QED) is 0.829. The van der Waals surface area contributed by atoms with Crippen LogP contribution >= 0.6 is 0 Å². The molecule has 2 aromatic rings. The van der Waals surface area contributed by atoms with Gasteiger partial charge in [0.2, 0.25) is 5.91 Å². The Hall–Kier alpha value is -2.63. The van der Waals surface area contributed by atoms with Gasteiger partial charge in [-0.3, -0.25) is 14.7 Å². The number of hydrogen-bond donors (Lipinski definition) is 1. The molecule has 1 spiro atoms. The van der Waals surface area contributed by atoms with E-state index in [9.17, 15) is 9.59 Å². The largest absolute Gasteiger partial charge is 0.337 e. The van der Waals surface area contributed by atoms with Crippen molar-refractivity contribution < 1.29 is 9.59 Å². The molecule has 6 heteroatoms. The van der Waals surface area contributed by atoms with Crippen LogP contribution in [0, 0.1) is 5.92 Å². The summed E-state index contributed by atoms with van der Waals surface area (Å²) in [6.45, 7) is 3.41. The van der Waals surface area contributed by atoms with Crippen molar-refractivity contribution in [2.45, 2.75) is 44.4 Å². The Kier molecular flexibility index (Phi) is 3.86. The summed E-state index contributed by atoms with van der Waals surface area (Å²) >= 11 is 0. The molecule has 1 aromatic heterocycles. The number of amides is 2. The van der Waals surface area contributed by atoms with Crippen molar-refractivity contribution in [3.8, 4) is 0 Å². The van der Waals surface area contributed by atoms with Gasteiger partial charge >= 0.3 is 0 Å². The molecule has 1 aliphatic carbocycles. The Balaban J connectivity index is 1.38. The molecule has 3 heterocycles. The number of para-hydroxylation sites is 1. The molecular formula is C22H26N4O2. The first kappa shape index (κ1) is 17.5. The molecule has 1 saturated heterocycles. The predicted octanol–water partition coefficient (Wildman–Crippen LogP) is 2.68. The van der Waals surface area contributed by atoms with Gasteiger partial charge in [0.1, 0.15) is 0 Å². The number of carbonyl (C=O) groups is 2. The van der Waals surface area contributed by atoms with Gasteiger partial charge in [-0.15, -0.1) is 0 Å². The van der Waals surface area contributed by atoms with Crippen LogP contribution in [0.15, 0.2) is 24.3 Å². The maximum Gasteiger partial charge on any atom is 0.274 e. The summed E-state index contributed by atoms with van der Waals surface area (Å²) in [7, 11) is 1.85. The number of benzene rings is 1. The Labute approximate surface area is 164 Å². The van der Waals surface area contributed by atoms with Crippen LogP contribution in [-0.2, 0) is 23.1 Å². The van der Waals surface area contributed by atoms with E-state index >= 15 is 0 Å². The molecule has 0 radical (unpaired) electrons. The maximum absolute atomic E-state index is 13.2. The van der Waals surface area contributed by atoms with Crippen LogP contribution in [0.25, 0.3) is 0 Å². The molecule has 2 aliphatic heterocycles. The summed E-state index contributed by atoms with van der Waals surface area (Å²) in [4.78, 5) is 29.9. The number of likely N-dealkylation sites (tertiary alicyclic amines) is 1. The smallest absolute Gasteiger partial charge is 0.274 e. The van der Waals surface area contributed by atoms with Crippen LogP contribution in [0.5, 0.6) is 0 Å². The van der Waals surface area contributed by atoms with Gasteiger partial charge in [0.15, 0.2) is 5.69 Å². The van der Waals surface area contributed by atoms with Crippen molar-refractivity contribution in [2.24, 2.45) is 5.92 Å². The van der Waals surface area contributed by atoms with Crippen LogP contribution in [0.1, 0.15) is 53.5 Å². The normalized spacial score (nSPS) is 23.1. The lowest BCUT2D eigenvalue weighted by atomic mass is 9.73. The third-order valence-electron chi connectivity index (χ3n) is 6.99. The lowest BCUT2D eigenvalue weighted by molar-refractivity contribution is -0.124. The van der Waals surface area contributed by atoms with Crippen LogP contribution in [0.4, 0.5) is 5.69 Å². The van der Waals surface area contributed by atoms with E-state index in [1.54, 1.807) is 4.90 Å². The molecule has 1 fully saturated rings. The monoisotopic (exact) mass is 378 g/mol. The predicted molar refractivity (Wildman–Crippen MR) is 106 cm³/mol. The zero-order chi connectivity index (χ0) is 19.5.